The number of amides is 1. The zero-order valence-corrected chi connectivity index (χ0v) is 14.2. The molecule has 1 rings (SSSR count). The van der Waals surface area contributed by atoms with Gasteiger partial charge < -0.3 is 9.15 Å². The lowest BCUT2D eigenvalue weighted by Gasteiger charge is -2.14. The molecule has 1 aromatic heterocycles. The van der Waals surface area contributed by atoms with Gasteiger partial charge in [0.05, 0.1) is 12.2 Å². The molecule has 6 heteroatoms. The van der Waals surface area contributed by atoms with E-state index in [-0.39, 0.29) is 22.8 Å². The minimum atomic E-state index is -0.680. The highest BCUT2D eigenvalue weighted by Gasteiger charge is 2.23. The van der Waals surface area contributed by atoms with E-state index in [9.17, 15) is 14.9 Å². The number of ketones is 1. The zero-order chi connectivity index (χ0) is 17.4. The van der Waals surface area contributed by atoms with Crippen LogP contribution in [0.1, 0.15) is 68.1 Å². The smallest absolute Gasteiger partial charge is 0.414 e. The Morgan fingerprint density at radius 3 is 2.61 bits per heavy atom. The Morgan fingerprint density at radius 1 is 1.39 bits per heavy atom. The number of hydrogen-bond acceptors (Lipinski definition) is 5. The van der Waals surface area contributed by atoms with Crippen molar-refractivity contribution in [3.8, 4) is 6.07 Å². The van der Waals surface area contributed by atoms with Gasteiger partial charge in [-0.05, 0) is 26.2 Å². The number of carbonyl (C=O) groups excluding carboxylic acids is 2. The standard InChI is InChI=1S/C17H24N2O4/c1-5-7-8-13(6-2)10-22-17(21)19-16-14(9-18)15(11(3)20)12(4)23-16/h13H,5-8,10H2,1-4H3,(H,19,21). The summed E-state index contributed by atoms with van der Waals surface area (Å²) in [7, 11) is 0. The second kappa shape index (κ2) is 8.99. The van der Waals surface area contributed by atoms with E-state index >= 15 is 0 Å². The fourth-order valence-electron chi connectivity index (χ4n) is 2.38. The minimum Gasteiger partial charge on any atom is -0.449 e. The third-order valence-electron chi connectivity index (χ3n) is 3.76. The first kappa shape index (κ1) is 18.8. The molecule has 6 nitrogen and oxygen atoms in total. The number of nitrogens with zero attached hydrogens (tertiary/aromatic N) is 1. The zero-order valence-electron chi connectivity index (χ0n) is 14.2. The second-order valence-corrected chi connectivity index (χ2v) is 5.55. The Balaban J connectivity index is 2.70. The van der Waals surface area contributed by atoms with Gasteiger partial charge in [-0.25, -0.2) is 4.79 Å². The Kier molecular flexibility index (Phi) is 7.33. The summed E-state index contributed by atoms with van der Waals surface area (Å²) in [6, 6.07) is 1.89. The predicted molar refractivity (Wildman–Crippen MR) is 86.4 cm³/mol. The Bertz CT molecular complexity index is 598. The number of anilines is 1. The maximum Gasteiger partial charge on any atom is 0.414 e. The molecule has 1 heterocycles. The van der Waals surface area contributed by atoms with Gasteiger partial charge in [0.1, 0.15) is 17.4 Å². The van der Waals surface area contributed by atoms with Gasteiger partial charge in [0.15, 0.2) is 5.78 Å². The van der Waals surface area contributed by atoms with Crippen LogP contribution in [0.5, 0.6) is 0 Å². The SMILES string of the molecule is CCCCC(CC)COC(=O)Nc1oc(C)c(C(C)=O)c1C#N. The Hall–Kier alpha value is -2.29. The Labute approximate surface area is 136 Å². The lowest BCUT2D eigenvalue weighted by Crippen LogP contribution is -2.19. The van der Waals surface area contributed by atoms with Gasteiger partial charge in [-0.3, -0.25) is 10.1 Å². The van der Waals surface area contributed by atoms with Crippen LogP contribution in [0.15, 0.2) is 4.42 Å². The molecule has 0 radical (unpaired) electrons. The summed E-state index contributed by atoms with van der Waals surface area (Å²) in [5.74, 6) is 0.303. The summed E-state index contributed by atoms with van der Waals surface area (Å²) in [5, 5.41) is 11.6. The van der Waals surface area contributed by atoms with Crippen molar-refractivity contribution in [1.82, 2.24) is 0 Å². The fraction of sp³-hybridized carbons (Fsp3) is 0.588. The van der Waals surface area contributed by atoms with Crippen LogP contribution in [0.25, 0.3) is 0 Å². The predicted octanol–water partition coefficient (Wildman–Crippen LogP) is 4.43. The van der Waals surface area contributed by atoms with Crippen molar-refractivity contribution in [1.29, 1.82) is 5.26 Å². The highest BCUT2D eigenvalue weighted by atomic mass is 16.6. The van der Waals surface area contributed by atoms with E-state index in [1.807, 2.05) is 6.07 Å². The third kappa shape index (κ3) is 5.13. The molecular weight excluding hydrogens is 296 g/mol. The van der Waals surface area contributed by atoms with Gasteiger partial charge in [-0.2, -0.15) is 5.26 Å². The number of nitrogens with one attached hydrogen (secondary N) is 1. The van der Waals surface area contributed by atoms with Gasteiger partial charge in [0.25, 0.3) is 0 Å². The molecule has 23 heavy (non-hydrogen) atoms. The van der Waals surface area contributed by atoms with Crippen molar-refractivity contribution in [2.75, 3.05) is 11.9 Å². The fourth-order valence-corrected chi connectivity index (χ4v) is 2.38. The average molecular weight is 320 g/mol. The number of Topliss-reactive ketones (excluding diaryl/α,β-unsaturated/α-hetero) is 1. The highest BCUT2D eigenvalue weighted by Crippen LogP contribution is 2.27. The van der Waals surface area contributed by atoms with Crippen LogP contribution in [0.4, 0.5) is 10.7 Å². The normalized spacial score (nSPS) is 11.6. The molecule has 0 aromatic carbocycles. The highest BCUT2D eigenvalue weighted by molar-refractivity contribution is 6.00. The lowest BCUT2D eigenvalue weighted by molar-refractivity contribution is 0.101. The topological polar surface area (TPSA) is 92.3 Å². The number of aryl methyl sites for hydroxylation is 1. The number of hydrogen-bond donors (Lipinski definition) is 1. The van der Waals surface area contributed by atoms with Gasteiger partial charge in [-0.15, -0.1) is 0 Å². The number of carbonyl (C=O) groups is 2. The van der Waals surface area contributed by atoms with Gasteiger partial charge >= 0.3 is 6.09 Å². The molecule has 0 saturated carbocycles. The van der Waals surface area contributed by atoms with E-state index in [2.05, 4.69) is 19.2 Å². The number of rotatable bonds is 8. The van der Waals surface area contributed by atoms with Crippen LogP contribution in [0, 0.1) is 24.2 Å². The molecule has 0 saturated heterocycles. The molecule has 1 unspecified atom stereocenters. The largest absolute Gasteiger partial charge is 0.449 e. The molecule has 1 atom stereocenters. The van der Waals surface area contributed by atoms with E-state index in [0.717, 1.165) is 25.7 Å². The molecule has 0 fully saturated rings. The molecule has 0 aliphatic heterocycles. The number of nitriles is 1. The van der Waals surface area contributed by atoms with Crippen LogP contribution < -0.4 is 5.32 Å². The van der Waals surface area contributed by atoms with E-state index in [1.165, 1.54) is 6.92 Å². The summed E-state index contributed by atoms with van der Waals surface area (Å²) >= 11 is 0. The first-order valence-corrected chi connectivity index (χ1v) is 7.92. The summed E-state index contributed by atoms with van der Waals surface area (Å²) in [6.45, 7) is 7.43. The van der Waals surface area contributed by atoms with Crippen molar-refractivity contribution in [3.05, 3.63) is 16.9 Å². The Morgan fingerprint density at radius 2 is 2.09 bits per heavy atom. The molecule has 0 bridgehead atoms. The van der Waals surface area contributed by atoms with Crippen molar-refractivity contribution >= 4 is 17.8 Å². The van der Waals surface area contributed by atoms with E-state index in [1.54, 1.807) is 6.92 Å². The molecule has 0 spiro atoms. The first-order valence-electron chi connectivity index (χ1n) is 7.92. The average Bonchev–Trinajstić information content (AvgIpc) is 2.82. The molecule has 1 aromatic rings. The summed E-state index contributed by atoms with van der Waals surface area (Å²) in [5.41, 5.74) is 0.224. The number of furan rings is 1. The van der Waals surface area contributed by atoms with Crippen LogP contribution >= 0.6 is 0 Å². The monoisotopic (exact) mass is 320 g/mol. The summed E-state index contributed by atoms with van der Waals surface area (Å²) in [6.07, 6.45) is 3.47. The molecular formula is C17H24N2O4. The van der Waals surface area contributed by atoms with Gasteiger partial charge in [0.2, 0.25) is 5.88 Å². The quantitative estimate of drug-likeness (QED) is 0.715. The van der Waals surface area contributed by atoms with Crippen molar-refractivity contribution in [3.63, 3.8) is 0 Å². The van der Waals surface area contributed by atoms with E-state index in [4.69, 9.17) is 9.15 Å². The maximum atomic E-state index is 11.9. The molecule has 0 aliphatic rings. The van der Waals surface area contributed by atoms with Gasteiger partial charge in [-0.1, -0.05) is 33.1 Å². The second-order valence-electron chi connectivity index (χ2n) is 5.55. The van der Waals surface area contributed by atoms with Gasteiger partial charge in [0, 0.05) is 0 Å². The number of unbranched alkanes of at least 4 members (excludes halogenated alkanes) is 1. The molecule has 1 amide bonds. The van der Waals surface area contributed by atoms with Crippen LogP contribution in [-0.2, 0) is 4.74 Å². The maximum absolute atomic E-state index is 11.9. The molecule has 0 aliphatic carbocycles. The summed E-state index contributed by atoms with van der Waals surface area (Å²) in [4.78, 5) is 23.4. The van der Waals surface area contributed by atoms with Crippen LogP contribution in [0.3, 0.4) is 0 Å². The molecule has 126 valence electrons. The minimum absolute atomic E-state index is 0.0324. The third-order valence-corrected chi connectivity index (χ3v) is 3.76. The number of ether oxygens (including phenoxy) is 1. The molecule has 1 N–H and O–H groups in total. The van der Waals surface area contributed by atoms with E-state index in [0.29, 0.717) is 18.3 Å². The van der Waals surface area contributed by atoms with Crippen LogP contribution in [-0.4, -0.2) is 18.5 Å². The van der Waals surface area contributed by atoms with Crippen molar-refractivity contribution in [2.24, 2.45) is 5.92 Å². The van der Waals surface area contributed by atoms with E-state index < -0.39 is 6.09 Å². The van der Waals surface area contributed by atoms with Crippen molar-refractivity contribution < 1.29 is 18.7 Å². The van der Waals surface area contributed by atoms with Crippen LogP contribution in [0.2, 0.25) is 0 Å². The lowest BCUT2D eigenvalue weighted by atomic mass is 10.0. The first-order chi connectivity index (χ1) is 10.9. The van der Waals surface area contributed by atoms with Crippen molar-refractivity contribution in [2.45, 2.75) is 53.4 Å². The summed E-state index contributed by atoms with van der Waals surface area (Å²) < 4.78 is 10.5.